The minimum atomic E-state index is -3.32. The summed E-state index contributed by atoms with van der Waals surface area (Å²) < 4.78 is 37.1. The number of carbonyl (C=O) groups is 1. The summed E-state index contributed by atoms with van der Waals surface area (Å²) in [5, 5.41) is 2.87. The highest BCUT2D eigenvalue weighted by atomic mass is 32.2. The van der Waals surface area contributed by atoms with Crippen molar-refractivity contribution in [1.29, 1.82) is 0 Å². The molecule has 0 aliphatic rings. The standard InChI is InChI=1S/C24H27N3O5S/c1-3-31-23-14-21(8-9-22(23)32-16-19-10-12-26-13-11-19)24(28)27-15-18-4-6-20(7-5-18)17-33(29,30)25-2/h4-14,25H,3,15-17H2,1-2H3,(H,27,28). The largest absolute Gasteiger partial charge is 0.490 e. The summed E-state index contributed by atoms with van der Waals surface area (Å²) >= 11 is 0. The second-order valence-corrected chi connectivity index (χ2v) is 9.13. The molecule has 0 aliphatic heterocycles. The Morgan fingerprint density at radius 1 is 0.909 bits per heavy atom. The van der Waals surface area contributed by atoms with Crippen LogP contribution in [0, 0.1) is 0 Å². The van der Waals surface area contributed by atoms with E-state index in [1.807, 2.05) is 19.1 Å². The lowest BCUT2D eigenvalue weighted by molar-refractivity contribution is 0.0950. The maximum Gasteiger partial charge on any atom is 0.251 e. The molecule has 8 nitrogen and oxygen atoms in total. The van der Waals surface area contributed by atoms with Crippen molar-refractivity contribution < 1.29 is 22.7 Å². The number of ether oxygens (including phenoxy) is 2. The third kappa shape index (κ3) is 7.30. The van der Waals surface area contributed by atoms with E-state index in [4.69, 9.17) is 9.47 Å². The maximum atomic E-state index is 12.7. The molecule has 2 N–H and O–H groups in total. The van der Waals surface area contributed by atoms with Crippen LogP contribution >= 0.6 is 0 Å². The average molecular weight is 470 g/mol. The van der Waals surface area contributed by atoms with Crippen LogP contribution < -0.4 is 19.5 Å². The van der Waals surface area contributed by atoms with Crippen LogP contribution in [0.25, 0.3) is 0 Å². The number of hydrogen-bond acceptors (Lipinski definition) is 6. The van der Waals surface area contributed by atoms with Crippen LogP contribution in [-0.4, -0.2) is 33.0 Å². The van der Waals surface area contributed by atoms with Gasteiger partial charge in [0.05, 0.1) is 12.4 Å². The van der Waals surface area contributed by atoms with Gasteiger partial charge in [0.1, 0.15) is 6.61 Å². The zero-order valence-corrected chi connectivity index (χ0v) is 19.4. The Balaban J connectivity index is 1.61. The summed E-state index contributed by atoms with van der Waals surface area (Å²) in [5.74, 6) is 0.705. The van der Waals surface area contributed by atoms with Gasteiger partial charge < -0.3 is 14.8 Å². The van der Waals surface area contributed by atoms with Gasteiger partial charge in [0.15, 0.2) is 11.5 Å². The van der Waals surface area contributed by atoms with Crippen LogP contribution in [0.15, 0.2) is 67.0 Å². The fraction of sp³-hybridized carbons (Fsp3) is 0.250. The molecular formula is C24H27N3O5S. The van der Waals surface area contributed by atoms with Gasteiger partial charge in [0.2, 0.25) is 10.0 Å². The molecule has 0 aliphatic carbocycles. The van der Waals surface area contributed by atoms with Gasteiger partial charge >= 0.3 is 0 Å². The van der Waals surface area contributed by atoms with E-state index in [9.17, 15) is 13.2 Å². The zero-order chi connectivity index (χ0) is 23.7. The van der Waals surface area contributed by atoms with Gasteiger partial charge in [-0.1, -0.05) is 24.3 Å². The van der Waals surface area contributed by atoms with E-state index >= 15 is 0 Å². The molecule has 174 valence electrons. The summed E-state index contributed by atoms with van der Waals surface area (Å²) in [6.07, 6.45) is 3.40. The fourth-order valence-electron chi connectivity index (χ4n) is 3.01. The first-order chi connectivity index (χ1) is 15.9. The molecule has 1 heterocycles. The first-order valence-corrected chi connectivity index (χ1v) is 12.1. The Kier molecular flexibility index (Phi) is 8.39. The molecule has 0 saturated heterocycles. The molecule has 0 spiro atoms. The molecule has 3 rings (SSSR count). The predicted molar refractivity (Wildman–Crippen MR) is 125 cm³/mol. The third-order valence-corrected chi connectivity index (χ3v) is 6.13. The smallest absolute Gasteiger partial charge is 0.251 e. The van der Waals surface area contributed by atoms with Gasteiger partial charge in [-0.05, 0) is 61.0 Å². The Bertz CT molecular complexity index is 1170. The predicted octanol–water partition coefficient (Wildman–Crippen LogP) is 3.04. The number of amides is 1. The average Bonchev–Trinajstić information content (AvgIpc) is 2.83. The van der Waals surface area contributed by atoms with Crippen molar-refractivity contribution in [3.8, 4) is 11.5 Å². The molecule has 33 heavy (non-hydrogen) atoms. The Morgan fingerprint density at radius 2 is 1.61 bits per heavy atom. The number of carbonyl (C=O) groups excluding carboxylic acids is 1. The Hall–Kier alpha value is -3.43. The van der Waals surface area contributed by atoms with Crippen LogP contribution in [-0.2, 0) is 28.9 Å². The summed E-state index contributed by atoms with van der Waals surface area (Å²) in [6.45, 7) is 2.97. The van der Waals surface area contributed by atoms with Crippen LogP contribution in [0.3, 0.4) is 0 Å². The maximum absolute atomic E-state index is 12.7. The van der Waals surface area contributed by atoms with Crippen LogP contribution in [0.1, 0.15) is 34.0 Å². The summed E-state index contributed by atoms with van der Waals surface area (Å²) in [4.78, 5) is 16.6. The lowest BCUT2D eigenvalue weighted by atomic mass is 10.1. The molecule has 0 unspecified atom stereocenters. The highest BCUT2D eigenvalue weighted by Crippen LogP contribution is 2.29. The number of sulfonamides is 1. The van der Waals surface area contributed by atoms with Gasteiger partial charge in [-0.2, -0.15) is 0 Å². The van der Waals surface area contributed by atoms with Crippen molar-refractivity contribution in [3.05, 3.63) is 89.2 Å². The summed E-state index contributed by atoms with van der Waals surface area (Å²) in [7, 11) is -1.94. The van der Waals surface area contributed by atoms with Crippen LogP contribution in [0.2, 0.25) is 0 Å². The monoisotopic (exact) mass is 469 g/mol. The summed E-state index contributed by atoms with van der Waals surface area (Å²) in [6, 6.07) is 15.9. The van der Waals surface area contributed by atoms with Gasteiger partial charge in [-0.25, -0.2) is 13.1 Å². The number of nitrogens with one attached hydrogen (secondary N) is 2. The van der Waals surface area contributed by atoms with Crippen LogP contribution in [0.4, 0.5) is 0 Å². The first-order valence-electron chi connectivity index (χ1n) is 10.5. The van der Waals surface area contributed by atoms with E-state index in [0.717, 1.165) is 11.1 Å². The Labute approximate surface area is 194 Å². The van der Waals surface area contributed by atoms with Crippen molar-refractivity contribution in [2.45, 2.75) is 25.8 Å². The Morgan fingerprint density at radius 3 is 2.27 bits per heavy atom. The van der Waals surface area contributed by atoms with E-state index in [1.165, 1.54) is 7.05 Å². The lowest BCUT2D eigenvalue weighted by Gasteiger charge is -2.14. The highest BCUT2D eigenvalue weighted by molar-refractivity contribution is 7.88. The van der Waals surface area contributed by atoms with Crippen molar-refractivity contribution in [2.75, 3.05) is 13.7 Å². The van der Waals surface area contributed by atoms with E-state index < -0.39 is 10.0 Å². The molecule has 9 heteroatoms. The normalized spacial score (nSPS) is 11.1. The van der Waals surface area contributed by atoms with Gasteiger partial charge in [0, 0.05) is 24.5 Å². The van der Waals surface area contributed by atoms with Crippen molar-refractivity contribution >= 4 is 15.9 Å². The molecule has 1 amide bonds. The highest BCUT2D eigenvalue weighted by Gasteiger charge is 2.13. The van der Waals surface area contributed by atoms with Crippen molar-refractivity contribution in [2.24, 2.45) is 0 Å². The fourth-order valence-corrected chi connectivity index (χ4v) is 3.78. The summed E-state index contributed by atoms with van der Waals surface area (Å²) in [5.41, 5.74) is 2.95. The minimum absolute atomic E-state index is 0.0913. The van der Waals surface area contributed by atoms with Crippen molar-refractivity contribution in [1.82, 2.24) is 15.0 Å². The van der Waals surface area contributed by atoms with E-state index in [1.54, 1.807) is 54.9 Å². The molecule has 0 bridgehead atoms. The van der Waals surface area contributed by atoms with E-state index in [0.29, 0.717) is 42.4 Å². The van der Waals surface area contributed by atoms with Crippen LogP contribution in [0.5, 0.6) is 11.5 Å². The molecule has 0 saturated carbocycles. The van der Waals surface area contributed by atoms with E-state index in [2.05, 4.69) is 15.0 Å². The third-order valence-electron chi connectivity index (χ3n) is 4.79. The topological polar surface area (TPSA) is 107 Å². The van der Waals surface area contributed by atoms with Gasteiger partial charge in [-0.15, -0.1) is 0 Å². The quantitative estimate of drug-likeness (QED) is 0.447. The second-order valence-electron chi connectivity index (χ2n) is 7.20. The number of rotatable bonds is 11. The molecular weight excluding hydrogens is 442 g/mol. The zero-order valence-electron chi connectivity index (χ0n) is 18.6. The molecule has 1 aromatic heterocycles. The number of benzene rings is 2. The van der Waals surface area contributed by atoms with Crippen molar-refractivity contribution in [3.63, 3.8) is 0 Å². The number of pyridine rings is 1. The van der Waals surface area contributed by atoms with Gasteiger partial charge in [0.25, 0.3) is 5.91 Å². The first kappa shape index (κ1) is 24.2. The lowest BCUT2D eigenvalue weighted by Crippen LogP contribution is -2.23. The molecule has 0 fully saturated rings. The molecule has 2 aromatic carbocycles. The SMILES string of the molecule is CCOc1cc(C(=O)NCc2ccc(CS(=O)(=O)NC)cc2)ccc1OCc1ccncc1. The molecule has 0 atom stereocenters. The molecule has 0 radical (unpaired) electrons. The van der Waals surface area contributed by atoms with E-state index in [-0.39, 0.29) is 11.7 Å². The minimum Gasteiger partial charge on any atom is -0.490 e. The number of aromatic nitrogens is 1. The second kappa shape index (κ2) is 11.4. The number of nitrogens with zero attached hydrogens (tertiary/aromatic N) is 1. The van der Waals surface area contributed by atoms with Gasteiger partial charge in [-0.3, -0.25) is 9.78 Å². The molecule has 3 aromatic rings. The number of hydrogen-bond donors (Lipinski definition) is 2.